The Kier molecular flexibility index (Phi) is 3.07. The van der Waals surface area contributed by atoms with Crippen LogP contribution < -0.4 is 10.2 Å². The van der Waals surface area contributed by atoms with E-state index in [0.717, 1.165) is 11.1 Å². The summed E-state index contributed by atoms with van der Waals surface area (Å²) in [6.07, 6.45) is 0. The topological polar surface area (TPSA) is 78.7 Å². The van der Waals surface area contributed by atoms with Gasteiger partial charge in [-0.2, -0.15) is 0 Å². The van der Waals surface area contributed by atoms with E-state index in [1.165, 1.54) is 6.07 Å². The van der Waals surface area contributed by atoms with Gasteiger partial charge in [0.05, 0.1) is 10.6 Å². The van der Waals surface area contributed by atoms with Crippen LogP contribution >= 0.6 is 0 Å². The lowest BCUT2D eigenvalue weighted by atomic mass is 9.87. The Morgan fingerprint density at radius 3 is 2.67 bits per heavy atom. The number of nitrogens with one attached hydrogen (secondary N) is 1. The Balaban J connectivity index is 2.04. The summed E-state index contributed by atoms with van der Waals surface area (Å²) in [5.74, 6) is 0. The second kappa shape index (κ2) is 5.04. The van der Waals surface area contributed by atoms with Crippen LogP contribution in [0.2, 0.25) is 0 Å². The third-order valence-electron chi connectivity index (χ3n) is 4.77. The number of fused-ring (bicyclic) bond motifs is 3. The van der Waals surface area contributed by atoms with Crippen LogP contribution in [0.3, 0.4) is 0 Å². The average Bonchev–Trinajstić information content (AvgIpc) is 3.06. The number of urea groups is 1. The summed E-state index contributed by atoms with van der Waals surface area (Å²) in [7, 11) is 1.69. The number of benzene rings is 2. The molecule has 0 aromatic heterocycles. The molecule has 0 radical (unpaired) electrons. The Bertz CT molecular complexity index is 839. The molecule has 0 spiro atoms. The molecule has 1 saturated heterocycles. The predicted octanol–water partition coefficient (Wildman–Crippen LogP) is 2.27. The van der Waals surface area contributed by atoms with E-state index in [1.807, 2.05) is 30.3 Å². The maximum Gasteiger partial charge on any atom is 0.326 e. The van der Waals surface area contributed by atoms with Crippen LogP contribution in [-0.2, 0) is 5.66 Å². The second-order valence-corrected chi connectivity index (χ2v) is 5.96. The van der Waals surface area contributed by atoms with Crippen LogP contribution in [0.4, 0.5) is 16.2 Å². The van der Waals surface area contributed by atoms with Gasteiger partial charge in [-0.05, 0) is 11.6 Å². The largest absolute Gasteiger partial charge is 0.326 e. The summed E-state index contributed by atoms with van der Waals surface area (Å²) in [5.41, 5.74) is 1.44. The molecule has 7 nitrogen and oxygen atoms in total. The Morgan fingerprint density at radius 2 is 1.96 bits per heavy atom. The molecular formula is C17H16N4O3. The highest BCUT2D eigenvalue weighted by atomic mass is 16.6. The molecule has 7 heteroatoms. The molecule has 0 aliphatic carbocycles. The second-order valence-electron chi connectivity index (χ2n) is 5.96. The SMILES string of the molecule is CN1C(=O)N2CCNC2(c2ccccc2)c2cc([N+](=O)[O-])ccc21. The molecule has 2 aromatic carbocycles. The quantitative estimate of drug-likeness (QED) is 0.679. The minimum atomic E-state index is -0.869. The van der Waals surface area contributed by atoms with Crippen molar-refractivity contribution in [3.63, 3.8) is 0 Å². The summed E-state index contributed by atoms with van der Waals surface area (Å²) in [6, 6.07) is 14.1. The highest BCUT2D eigenvalue weighted by Crippen LogP contribution is 2.46. The number of anilines is 1. The number of amides is 2. The first-order valence-electron chi connectivity index (χ1n) is 7.70. The van der Waals surface area contributed by atoms with Crippen molar-refractivity contribution in [2.45, 2.75) is 5.66 Å². The van der Waals surface area contributed by atoms with Crippen molar-refractivity contribution in [2.75, 3.05) is 25.0 Å². The first kappa shape index (κ1) is 14.6. The number of non-ortho nitro benzene ring substituents is 1. The molecular weight excluding hydrogens is 308 g/mol. The van der Waals surface area contributed by atoms with E-state index >= 15 is 0 Å². The molecule has 1 N–H and O–H groups in total. The van der Waals surface area contributed by atoms with Crippen molar-refractivity contribution in [3.05, 3.63) is 69.8 Å². The highest BCUT2D eigenvalue weighted by molar-refractivity contribution is 5.97. The van der Waals surface area contributed by atoms with Gasteiger partial charge in [0.1, 0.15) is 5.66 Å². The summed E-state index contributed by atoms with van der Waals surface area (Å²) >= 11 is 0. The van der Waals surface area contributed by atoms with E-state index in [1.54, 1.807) is 29.0 Å². The van der Waals surface area contributed by atoms with Gasteiger partial charge in [0, 0.05) is 37.8 Å². The van der Waals surface area contributed by atoms with Crippen LogP contribution in [0, 0.1) is 10.1 Å². The van der Waals surface area contributed by atoms with Gasteiger partial charge in [0.25, 0.3) is 5.69 Å². The smallest absolute Gasteiger partial charge is 0.297 e. The molecule has 4 rings (SSSR count). The summed E-state index contributed by atoms with van der Waals surface area (Å²) in [5, 5.41) is 14.7. The fourth-order valence-corrected chi connectivity index (χ4v) is 3.69. The monoisotopic (exact) mass is 324 g/mol. The van der Waals surface area contributed by atoms with Crippen molar-refractivity contribution < 1.29 is 9.72 Å². The lowest BCUT2D eigenvalue weighted by Gasteiger charge is -2.46. The molecule has 122 valence electrons. The third-order valence-corrected chi connectivity index (χ3v) is 4.77. The zero-order valence-electron chi connectivity index (χ0n) is 13.1. The van der Waals surface area contributed by atoms with Crippen molar-refractivity contribution in [1.82, 2.24) is 10.2 Å². The number of rotatable bonds is 2. The number of hydrogen-bond acceptors (Lipinski definition) is 4. The predicted molar refractivity (Wildman–Crippen MR) is 88.8 cm³/mol. The molecule has 2 aliphatic heterocycles. The van der Waals surface area contributed by atoms with E-state index in [2.05, 4.69) is 5.32 Å². The number of nitrogens with zero attached hydrogens (tertiary/aromatic N) is 3. The molecule has 1 atom stereocenters. The molecule has 0 bridgehead atoms. The van der Waals surface area contributed by atoms with Crippen LogP contribution in [0.15, 0.2) is 48.5 Å². The zero-order valence-corrected chi connectivity index (χ0v) is 13.1. The lowest BCUT2D eigenvalue weighted by molar-refractivity contribution is -0.385. The zero-order chi connectivity index (χ0) is 16.9. The highest BCUT2D eigenvalue weighted by Gasteiger charge is 2.52. The third kappa shape index (κ3) is 1.78. The summed E-state index contributed by atoms with van der Waals surface area (Å²) < 4.78 is 0. The van der Waals surface area contributed by atoms with Gasteiger partial charge in [-0.3, -0.25) is 25.2 Å². The molecule has 2 amide bonds. The molecule has 1 fully saturated rings. The Hall–Kier alpha value is -2.93. The first-order chi connectivity index (χ1) is 11.6. The minimum Gasteiger partial charge on any atom is -0.297 e. The Morgan fingerprint density at radius 1 is 1.21 bits per heavy atom. The van der Waals surface area contributed by atoms with Crippen LogP contribution in [0.5, 0.6) is 0 Å². The van der Waals surface area contributed by atoms with Crippen molar-refractivity contribution in [2.24, 2.45) is 0 Å². The van der Waals surface area contributed by atoms with E-state index in [9.17, 15) is 14.9 Å². The van der Waals surface area contributed by atoms with E-state index < -0.39 is 10.6 Å². The van der Waals surface area contributed by atoms with Gasteiger partial charge in [-0.1, -0.05) is 30.3 Å². The molecule has 0 saturated carbocycles. The average molecular weight is 324 g/mol. The standard InChI is InChI=1S/C17H16N4O3/c1-19-15-8-7-13(21(23)24)11-14(15)17(12-5-3-2-4-6-12)18-9-10-20(17)16(19)22/h2-8,11,18H,9-10H2,1H3. The normalized spacial score (nSPS) is 22.3. The first-order valence-corrected chi connectivity index (χ1v) is 7.70. The number of carbonyl (C=O) groups is 1. The fourth-order valence-electron chi connectivity index (χ4n) is 3.69. The Labute approximate surface area is 138 Å². The lowest BCUT2D eigenvalue weighted by Crippen LogP contribution is -2.59. The van der Waals surface area contributed by atoms with Gasteiger partial charge in [-0.15, -0.1) is 0 Å². The maximum absolute atomic E-state index is 12.8. The van der Waals surface area contributed by atoms with Gasteiger partial charge in [0.2, 0.25) is 0 Å². The van der Waals surface area contributed by atoms with Crippen molar-refractivity contribution >= 4 is 17.4 Å². The van der Waals surface area contributed by atoms with Gasteiger partial charge >= 0.3 is 6.03 Å². The van der Waals surface area contributed by atoms with E-state index in [-0.39, 0.29) is 11.7 Å². The van der Waals surface area contributed by atoms with Gasteiger partial charge < -0.3 is 0 Å². The number of nitro groups is 1. The maximum atomic E-state index is 12.8. The fraction of sp³-hybridized carbons (Fsp3) is 0.235. The molecule has 2 heterocycles. The number of nitro benzene ring substituents is 1. The van der Waals surface area contributed by atoms with Crippen molar-refractivity contribution in [1.29, 1.82) is 0 Å². The van der Waals surface area contributed by atoms with E-state index in [0.29, 0.717) is 18.8 Å². The van der Waals surface area contributed by atoms with Gasteiger partial charge in [-0.25, -0.2) is 4.79 Å². The molecule has 24 heavy (non-hydrogen) atoms. The molecule has 1 unspecified atom stereocenters. The van der Waals surface area contributed by atoms with Crippen LogP contribution in [0.25, 0.3) is 0 Å². The van der Waals surface area contributed by atoms with Crippen LogP contribution in [-0.4, -0.2) is 36.0 Å². The molecule has 2 aliphatic rings. The van der Waals surface area contributed by atoms with Gasteiger partial charge in [0.15, 0.2) is 0 Å². The van der Waals surface area contributed by atoms with E-state index in [4.69, 9.17) is 0 Å². The minimum absolute atomic E-state index is 0.0143. The molecule has 2 aromatic rings. The number of carbonyl (C=O) groups excluding carboxylic acids is 1. The van der Waals surface area contributed by atoms with Crippen molar-refractivity contribution in [3.8, 4) is 0 Å². The van der Waals surface area contributed by atoms with Crippen LogP contribution in [0.1, 0.15) is 11.1 Å². The number of hydrogen-bond donors (Lipinski definition) is 1. The summed E-state index contributed by atoms with van der Waals surface area (Å²) in [4.78, 5) is 27.0. The summed E-state index contributed by atoms with van der Waals surface area (Å²) in [6.45, 7) is 1.16.